The molecular formula is C9H16N4O. The number of hydrogen-bond acceptors (Lipinski definition) is 4. The molecule has 78 valence electrons. The summed E-state index contributed by atoms with van der Waals surface area (Å²) in [5.41, 5.74) is -0.460. The minimum absolute atomic E-state index is 0.460. The van der Waals surface area contributed by atoms with Gasteiger partial charge in [0.2, 0.25) is 0 Å². The van der Waals surface area contributed by atoms with Gasteiger partial charge in [0.25, 0.3) is 0 Å². The summed E-state index contributed by atoms with van der Waals surface area (Å²) < 4.78 is 1.91. The van der Waals surface area contributed by atoms with Crippen molar-refractivity contribution in [1.29, 1.82) is 0 Å². The lowest BCUT2D eigenvalue weighted by atomic mass is 9.91. The molecule has 1 aliphatic rings. The van der Waals surface area contributed by atoms with Gasteiger partial charge in [0, 0.05) is 20.1 Å². The molecule has 0 radical (unpaired) electrons. The highest BCUT2D eigenvalue weighted by Gasteiger charge is 2.39. The van der Waals surface area contributed by atoms with Crippen LogP contribution < -0.4 is 0 Å². The number of rotatable bonds is 3. The lowest BCUT2D eigenvalue weighted by molar-refractivity contribution is -0.104. The summed E-state index contributed by atoms with van der Waals surface area (Å²) in [5.74, 6) is 0.947. The second-order valence-electron chi connectivity index (χ2n) is 4.08. The van der Waals surface area contributed by atoms with Gasteiger partial charge in [0.05, 0.1) is 12.1 Å². The first-order chi connectivity index (χ1) is 6.63. The quantitative estimate of drug-likeness (QED) is 0.725. The van der Waals surface area contributed by atoms with Gasteiger partial charge < -0.3 is 9.67 Å². The number of hydrogen-bond donors (Lipinski definition) is 1. The first-order valence-electron chi connectivity index (χ1n) is 4.90. The summed E-state index contributed by atoms with van der Waals surface area (Å²) in [4.78, 5) is 2.17. The zero-order valence-electron chi connectivity index (χ0n) is 8.64. The van der Waals surface area contributed by atoms with Crippen LogP contribution in [0.4, 0.5) is 0 Å². The van der Waals surface area contributed by atoms with Crippen molar-refractivity contribution in [1.82, 2.24) is 19.7 Å². The van der Waals surface area contributed by atoms with E-state index in [0.29, 0.717) is 0 Å². The Balaban J connectivity index is 1.88. The summed E-state index contributed by atoms with van der Waals surface area (Å²) in [6.07, 6.45) is 2.52. The largest absolute Gasteiger partial charge is 0.387 e. The molecule has 0 saturated carbocycles. The number of aryl methyl sites for hydroxylation is 1. The van der Waals surface area contributed by atoms with Crippen molar-refractivity contribution < 1.29 is 5.11 Å². The number of nitrogens with zero attached hydrogens (tertiary/aromatic N) is 4. The third-order valence-electron chi connectivity index (χ3n) is 2.86. The summed E-state index contributed by atoms with van der Waals surface area (Å²) >= 11 is 0. The molecule has 2 rings (SSSR count). The standard InChI is InChI=1S/C9H16N4O/c1-3-9(14)5-13(6-9)4-8-11-10-7-12(8)2/h7,14H,3-6H2,1-2H3. The van der Waals surface area contributed by atoms with Crippen molar-refractivity contribution in [2.75, 3.05) is 13.1 Å². The average molecular weight is 196 g/mol. The van der Waals surface area contributed by atoms with Crippen LogP contribution in [0.25, 0.3) is 0 Å². The van der Waals surface area contributed by atoms with E-state index in [9.17, 15) is 5.11 Å². The molecule has 0 aliphatic carbocycles. The van der Waals surface area contributed by atoms with E-state index in [1.807, 2.05) is 18.5 Å². The predicted octanol–water partition coefficient (Wildman–Crippen LogP) is -0.228. The van der Waals surface area contributed by atoms with Crippen LogP contribution in [0.1, 0.15) is 19.2 Å². The highest BCUT2D eigenvalue weighted by Crippen LogP contribution is 2.24. The van der Waals surface area contributed by atoms with E-state index in [4.69, 9.17) is 0 Å². The second kappa shape index (κ2) is 3.33. The normalized spacial score (nSPS) is 20.8. The topological polar surface area (TPSA) is 54.2 Å². The maximum atomic E-state index is 9.80. The number of β-amino-alcohol motifs (C(OH)–C–C–N with tert-alkyl or cyclic N) is 1. The van der Waals surface area contributed by atoms with Gasteiger partial charge in [-0.3, -0.25) is 4.90 Å². The molecule has 5 heteroatoms. The minimum atomic E-state index is -0.460. The van der Waals surface area contributed by atoms with E-state index in [-0.39, 0.29) is 0 Å². The molecule has 0 amide bonds. The molecule has 1 aromatic rings. The van der Waals surface area contributed by atoms with Gasteiger partial charge in [-0.15, -0.1) is 10.2 Å². The fraction of sp³-hybridized carbons (Fsp3) is 0.778. The SMILES string of the molecule is CCC1(O)CN(Cc2nncn2C)C1. The van der Waals surface area contributed by atoms with Crippen molar-refractivity contribution in [2.24, 2.45) is 7.05 Å². The maximum Gasteiger partial charge on any atom is 0.146 e. The van der Waals surface area contributed by atoms with Crippen LogP contribution in [0, 0.1) is 0 Å². The molecule has 5 nitrogen and oxygen atoms in total. The van der Waals surface area contributed by atoms with E-state index in [2.05, 4.69) is 15.1 Å². The summed E-state index contributed by atoms with van der Waals surface area (Å²) in [7, 11) is 1.93. The predicted molar refractivity (Wildman–Crippen MR) is 51.5 cm³/mol. The van der Waals surface area contributed by atoms with Gasteiger partial charge in [0.15, 0.2) is 0 Å². The molecule has 1 N–H and O–H groups in total. The van der Waals surface area contributed by atoms with Gasteiger partial charge in [-0.1, -0.05) is 6.92 Å². The Bertz CT molecular complexity index is 316. The van der Waals surface area contributed by atoms with Crippen LogP contribution in [0.2, 0.25) is 0 Å². The van der Waals surface area contributed by atoms with E-state index in [0.717, 1.165) is 31.9 Å². The van der Waals surface area contributed by atoms with Gasteiger partial charge in [-0.05, 0) is 6.42 Å². The first-order valence-corrected chi connectivity index (χ1v) is 4.90. The van der Waals surface area contributed by atoms with Crippen molar-refractivity contribution >= 4 is 0 Å². The van der Waals surface area contributed by atoms with Crippen LogP contribution in [-0.2, 0) is 13.6 Å². The second-order valence-corrected chi connectivity index (χ2v) is 4.08. The third-order valence-corrected chi connectivity index (χ3v) is 2.86. The monoisotopic (exact) mass is 196 g/mol. The Hall–Kier alpha value is -0.940. The minimum Gasteiger partial charge on any atom is -0.387 e. The Kier molecular flexibility index (Phi) is 2.28. The molecule has 0 aromatic carbocycles. The highest BCUT2D eigenvalue weighted by molar-refractivity contribution is 4.97. The lowest BCUT2D eigenvalue weighted by Crippen LogP contribution is -2.60. The van der Waals surface area contributed by atoms with Crippen LogP contribution in [0.3, 0.4) is 0 Å². The molecule has 1 aliphatic heterocycles. The summed E-state index contributed by atoms with van der Waals surface area (Å²) in [6.45, 7) is 4.28. The van der Waals surface area contributed by atoms with E-state index in [1.54, 1.807) is 6.33 Å². The Labute approximate surface area is 83.4 Å². The Morgan fingerprint density at radius 1 is 1.57 bits per heavy atom. The molecular weight excluding hydrogens is 180 g/mol. The van der Waals surface area contributed by atoms with E-state index < -0.39 is 5.60 Å². The molecule has 1 aromatic heterocycles. The van der Waals surface area contributed by atoms with E-state index in [1.165, 1.54) is 0 Å². The maximum absolute atomic E-state index is 9.80. The number of likely N-dealkylation sites (tertiary alicyclic amines) is 1. The van der Waals surface area contributed by atoms with Crippen molar-refractivity contribution in [3.8, 4) is 0 Å². The molecule has 14 heavy (non-hydrogen) atoms. The number of aliphatic hydroxyl groups is 1. The van der Waals surface area contributed by atoms with Crippen molar-refractivity contribution in [3.05, 3.63) is 12.2 Å². The smallest absolute Gasteiger partial charge is 0.146 e. The van der Waals surface area contributed by atoms with Crippen LogP contribution >= 0.6 is 0 Å². The van der Waals surface area contributed by atoms with Crippen molar-refractivity contribution in [2.45, 2.75) is 25.5 Å². The summed E-state index contributed by atoms with van der Waals surface area (Å²) in [6, 6.07) is 0. The zero-order valence-corrected chi connectivity index (χ0v) is 8.64. The first kappa shape index (κ1) is 9.61. The molecule has 0 bridgehead atoms. The Morgan fingerprint density at radius 2 is 2.29 bits per heavy atom. The average Bonchev–Trinajstić information content (AvgIpc) is 2.49. The zero-order chi connectivity index (χ0) is 10.2. The van der Waals surface area contributed by atoms with E-state index >= 15 is 0 Å². The third kappa shape index (κ3) is 1.65. The molecule has 0 spiro atoms. The Morgan fingerprint density at radius 3 is 2.79 bits per heavy atom. The van der Waals surface area contributed by atoms with Crippen molar-refractivity contribution in [3.63, 3.8) is 0 Å². The molecule has 0 atom stereocenters. The molecule has 1 fully saturated rings. The summed E-state index contributed by atoms with van der Waals surface area (Å²) in [5, 5.41) is 17.6. The van der Waals surface area contributed by atoms with Crippen LogP contribution in [0.5, 0.6) is 0 Å². The van der Waals surface area contributed by atoms with Crippen LogP contribution in [-0.4, -0.2) is 43.5 Å². The van der Waals surface area contributed by atoms with Gasteiger partial charge in [-0.25, -0.2) is 0 Å². The van der Waals surface area contributed by atoms with Gasteiger partial charge >= 0.3 is 0 Å². The molecule has 1 saturated heterocycles. The molecule has 2 heterocycles. The number of aromatic nitrogens is 3. The van der Waals surface area contributed by atoms with Gasteiger partial charge in [-0.2, -0.15) is 0 Å². The lowest BCUT2D eigenvalue weighted by Gasteiger charge is -2.45. The fourth-order valence-electron chi connectivity index (χ4n) is 1.77. The van der Waals surface area contributed by atoms with Gasteiger partial charge in [0.1, 0.15) is 12.2 Å². The highest BCUT2D eigenvalue weighted by atomic mass is 16.3. The molecule has 0 unspecified atom stereocenters. The van der Waals surface area contributed by atoms with Crippen LogP contribution in [0.15, 0.2) is 6.33 Å². The fourth-order valence-corrected chi connectivity index (χ4v) is 1.77.